The van der Waals surface area contributed by atoms with Crippen molar-refractivity contribution in [2.45, 2.75) is 68.2 Å². The molecule has 2 saturated heterocycles. The minimum atomic E-state index is -4.85. The van der Waals surface area contributed by atoms with Crippen molar-refractivity contribution in [1.82, 2.24) is 15.1 Å². The number of hydrogen-bond acceptors (Lipinski definition) is 5. The van der Waals surface area contributed by atoms with Crippen molar-refractivity contribution in [2.24, 2.45) is 0 Å². The third kappa shape index (κ3) is 5.83. The molecule has 11 heteroatoms. The van der Waals surface area contributed by atoms with Gasteiger partial charge in [0.2, 0.25) is 0 Å². The molecule has 2 aromatic carbocycles. The highest BCUT2D eigenvalue weighted by Crippen LogP contribution is 2.51. The number of anilines is 1. The van der Waals surface area contributed by atoms with E-state index in [1.54, 1.807) is 14.2 Å². The molecular formula is C30H38F4N4O3. The summed E-state index contributed by atoms with van der Waals surface area (Å²) in [6, 6.07) is 8.66. The zero-order valence-corrected chi connectivity index (χ0v) is 23.7. The van der Waals surface area contributed by atoms with E-state index in [4.69, 9.17) is 9.47 Å². The number of ether oxygens (including phenoxy) is 2. The van der Waals surface area contributed by atoms with Gasteiger partial charge in [-0.15, -0.1) is 0 Å². The van der Waals surface area contributed by atoms with Gasteiger partial charge >= 0.3 is 12.2 Å². The van der Waals surface area contributed by atoms with Crippen molar-refractivity contribution >= 4 is 11.7 Å². The number of likely N-dealkylation sites (tertiary alicyclic amines) is 2. The summed E-state index contributed by atoms with van der Waals surface area (Å²) in [5, 5.41) is 5.23. The van der Waals surface area contributed by atoms with Crippen LogP contribution in [0.5, 0.6) is 11.5 Å². The van der Waals surface area contributed by atoms with Crippen LogP contribution in [0.25, 0.3) is 0 Å². The number of benzene rings is 2. The van der Waals surface area contributed by atoms with Gasteiger partial charge in [-0.2, -0.15) is 13.2 Å². The summed E-state index contributed by atoms with van der Waals surface area (Å²) in [5.41, 5.74) is -0.858. The Bertz CT molecular complexity index is 1250. The van der Waals surface area contributed by atoms with Crippen LogP contribution in [0.15, 0.2) is 36.4 Å². The minimum Gasteiger partial charge on any atom is -0.493 e. The number of alkyl halides is 3. The van der Waals surface area contributed by atoms with Crippen LogP contribution in [0.4, 0.5) is 28.0 Å². The molecule has 2 amide bonds. The number of methoxy groups -OCH3 is 2. The van der Waals surface area contributed by atoms with E-state index < -0.39 is 29.3 Å². The van der Waals surface area contributed by atoms with Crippen LogP contribution in [-0.2, 0) is 11.6 Å². The lowest BCUT2D eigenvalue weighted by Crippen LogP contribution is -2.56. The van der Waals surface area contributed by atoms with Gasteiger partial charge in [0.15, 0.2) is 17.3 Å². The van der Waals surface area contributed by atoms with Gasteiger partial charge in [-0.25, -0.2) is 9.18 Å². The van der Waals surface area contributed by atoms with E-state index in [2.05, 4.69) is 39.6 Å². The summed E-state index contributed by atoms with van der Waals surface area (Å²) < 4.78 is 65.1. The van der Waals surface area contributed by atoms with Crippen LogP contribution in [0.2, 0.25) is 0 Å². The number of nitrogens with zero attached hydrogens (tertiary/aromatic N) is 2. The van der Waals surface area contributed by atoms with E-state index >= 15 is 0 Å². The molecule has 3 atom stereocenters. The van der Waals surface area contributed by atoms with E-state index in [0.717, 1.165) is 57.5 Å². The SMILES string of the molecule is COc1ccc([C@@]23CC[C@@H](NC(=O)Nc4cccc(C(F)(F)F)c4F)C[C@@H]2N(C2CCN(C)CC2)CC3)cc1OC. The molecule has 0 unspecified atom stereocenters. The first kappa shape index (κ1) is 29.4. The average Bonchev–Trinajstić information content (AvgIpc) is 3.33. The molecule has 2 heterocycles. The number of fused-ring (bicyclic) bond motifs is 1. The maximum Gasteiger partial charge on any atom is 0.419 e. The molecule has 2 N–H and O–H groups in total. The Labute approximate surface area is 238 Å². The summed E-state index contributed by atoms with van der Waals surface area (Å²) in [5.74, 6) is -0.141. The van der Waals surface area contributed by atoms with Gasteiger partial charge < -0.3 is 25.0 Å². The Balaban J connectivity index is 1.37. The highest BCUT2D eigenvalue weighted by molar-refractivity contribution is 5.89. The van der Waals surface area contributed by atoms with Crippen molar-refractivity contribution in [3.05, 3.63) is 53.3 Å². The Hall–Kier alpha value is -3.05. The molecule has 1 saturated carbocycles. The van der Waals surface area contributed by atoms with Crippen molar-refractivity contribution in [1.29, 1.82) is 0 Å². The molecule has 0 spiro atoms. The first-order valence-corrected chi connectivity index (χ1v) is 14.2. The highest BCUT2D eigenvalue weighted by atomic mass is 19.4. The fraction of sp³-hybridized carbons (Fsp3) is 0.567. The van der Waals surface area contributed by atoms with Gasteiger partial charge in [-0.1, -0.05) is 12.1 Å². The summed E-state index contributed by atoms with van der Waals surface area (Å²) in [7, 11) is 5.38. The Morgan fingerprint density at radius 3 is 2.41 bits per heavy atom. The van der Waals surface area contributed by atoms with Gasteiger partial charge in [0.1, 0.15) is 0 Å². The summed E-state index contributed by atoms with van der Waals surface area (Å²) in [6.07, 6.45) is 0.455. The Morgan fingerprint density at radius 1 is 1.00 bits per heavy atom. The minimum absolute atomic E-state index is 0.134. The first-order valence-electron chi connectivity index (χ1n) is 14.2. The van der Waals surface area contributed by atoms with Crippen LogP contribution in [0, 0.1) is 5.82 Å². The first-order chi connectivity index (χ1) is 19.6. The molecule has 2 aromatic rings. The largest absolute Gasteiger partial charge is 0.493 e. The molecule has 0 bridgehead atoms. The fourth-order valence-corrected chi connectivity index (χ4v) is 7.15. The van der Waals surface area contributed by atoms with Crippen LogP contribution in [-0.4, -0.2) is 74.9 Å². The maximum atomic E-state index is 14.5. The van der Waals surface area contributed by atoms with Crippen LogP contribution in [0.3, 0.4) is 0 Å². The molecule has 224 valence electrons. The van der Waals surface area contributed by atoms with E-state index in [-0.39, 0.29) is 17.5 Å². The molecule has 5 rings (SSSR count). The van der Waals surface area contributed by atoms with Gasteiger partial charge in [0, 0.05) is 23.5 Å². The van der Waals surface area contributed by atoms with Gasteiger partial charge in [0.25, 0.3) is 0 Å². The third-order valence-electron chi connectivity index (χ3n) is 9.30. The maximum absolute atomic E-state index is 14.5. The van der Waals surface area contributed by atoms with Crippen LogP contribution < -0.4 is 20.1 Å². The topological polar surface area (TPSA) is 66.1 Å². The third-order valence-corrected chi connectivity index (χ3v) is 9.30. The molecule has 2 aliphatic heterocycles. The standard InChI is InChI=1S/C30H38F4N4O3/c1-37-14-10-21(11-15-37)38-16-13-29(19-7-8-24(40-2)25(17-19)41-3)12-9-20(18-26(29)38)35-28(39)36-23-6-4-5-22(27(23)31)30(32,33)34/h4-8,17,20-21,26H,9-16,18H2,1-3H3,(H2,35,36,39)/t20-,26+,29+/m1/s1. The molecular weight excluding hydrogens is 540 g/mol. The zero-order valence-electron chi connectivity index (χ0n) is 23.7. The number of rotatable bonds is 6. The van der Waals surface area contributed by atoms with E-state index in [1.165, 1.54) is 5.56 Å². The predicted octanol–water partition coefficient (Wildman–Crippen LogP) is 5.64. The number of hydrogen-bond donors (Lipinski definition) is 2. The lowest BCUT2D eigenvalue weighted by molar-refractivity contribution is -0.139. The van der Waals surface area contributed by atoms with E-state index in [0.29, 0.717) is 36.4 Å². The van der Waals surface area contributed by atoms with Crippen molar-refractivity contribution < 1.29 is 31.8 Å². The second kappa shape index (κ2) is 11.7. The molecule has 1 aliphatic carbocycles. The highest BCUT2D eigenvalue weighted by Gasteiger charge is 2.53. The monoisotopic (exact) mass is 578 g/mol. The lowest BCUT2D eigenvalue weighted by Gasteiger charge is -2.48. The van der Waals surface area contributed by atoms with Crippen molar-refractivity contribution in [3.8, 4) is 11.5 Å². The number of carbonyl (C=O) groups is 1. The molecule has 41 heavy (non-hydrogen) atoms. The fourth-order valence-electron chi connectivity index (χ4n) is 7.15. The number of urea groups is 1. The summed E-state index contributed by atoms with van der Waals surface area (Å²) >= 11 is 0. The molecule has 0 aromatic heterocycles. The van der Waals surface area contributed by atoms with Gasteiger partial charge in [0.05, 0.1) is 25.5 Å². The van der Waals surface area contributed by atoms with Crippen molar-refractivity contribution in [2.75, 3.05) is 46.2 Å². The van der Waals surface area contributed by atoms with Crippen LogP contribution >= 0.6 is 0 Å². The molecule has 3 aliphatic rings. The summed E-state index contributed by atoms with van der Waals surface area (Å²) in [4.78, 5) is 17.8. The van der Waals surface area contributed by atoms with E-state index in [9.17, 15) is 22.4 Å². The zero-order chi connectivity index (χ0) is 29.4. The molecule has 0 radical (unpaired) electrons. The number of piperidine rings is 1. The van der Waals surface area contributed by atoms with Crippen molar-refractivity contribution in [3.63, 3.8) is 0 Å². The number of halogens is 4. The molecule has 3 fully saturated rings. The van der Waals surface area contributed by atoms with Gasteiger partial charge in [-0.05, 0) is 95.0 Å². The van der Waals surface area contributed by atoms with E-state index in [1.807, 2.05) is 6.07 Å². The quantitative estimate of drug-likeness (QED) is 0.435. The second-order valence-electron chi connectivity index (χ2n) is 11.5. The number of carbonyl (C=O) groups excluding carboxylic acids is 1. The number of nitrogens with one attached hydrogen (secondary N) is 2. The normalized spacial score (nSPS) is 25.9. The molecule has 7 nitrogen and oxygen atoms in total. The Morgan fingerprint density at radius 2 is 1.73 bits per heavy atom. The smallest absolute Gasteiger partial charge is 0.419 e. The number of amides is 2. The second-order valence-corrected chi connectivity index (χ2v) is 11.5. The van der Waals surface area contributed by atoms with Gasteiger partial charge in [-0.3, -0.25) is 4.90 Å². The average molecular weight is 579 g/mol. The lowest BCUT2D eigenvalue weighted by atomic mass is 9.65. The Kier molecular flexibility index (Phi) is 8.39. The van der Waals surface area contributed by atoms with Crippen LogP contribution in [0.1, 0.15) is 49.7 Å². The predicted molar refractivity (Wildman–Crippen MR) is 148 cm³/mol. The summed E-state index contributed by atoms with van der Waals surface area (Å²) in [6.45, 7) is 3.01.